The predicted molar refractivity (Wildman–Crippen MR) is 100 cm³/mol. The van der Waals surface area contributed by atoms with E-state index in [-0.39, 0.29) is 5.91 Å². The summed E-state index contributed by atoms with van der Waals surface area (Å²) < 4.78 is 7.51. The molecule has 3 aromatic rings. The molecule has 0 saturated carbocycles. The van der Waals surface area contributed by atoms with Gasteiger partial charge in [0.05, 0.1) is 12.8 Å². The van der Waals surface area contributed by atoms with Gasteiger partial charge in [0, 0.05) is 16.6 Å². The van der Waals surface area contributed by atoms with E-state index in [1.54, 1.807) is 7.11 Å². The summed E-state index contributed by atoms with van der Waals surface area (Å²) in [4.78, 5) is 12.7. The maximum absolute atomic E-state index is 12.7. The number of nitrogens with one attached hydrogen (secondary N) is 1. The van der Waals surface area contributed by atoms with E-state index in [0.29, 0.717) is 18.0 Å². The Kier molecular flexibility index (Phi) is 4.18. The number of nitrogens with zero attached hydrogens (tertiary/aromatic N) is 1. The lowest BCUT2D eigenvalue weighted by Crippen LogP contribution is -2.21. The summed E-state index contributed by atoms with van der Waals surface area (Å²) in [5.74, 6) is 0.647. The zero-order valence-corrected chi connectivity index (χ0v) is 14.4. The van der Waals surface area contributed by atoms with Crippen molar-refractivity contribution >= 4 is 22.5 Å². The molecule has 4 heteroatoms. The maximum atomic E-state index is 12.7. The molecule has 1 N–H and O–H groups in total. The molecule has 25 heavy (non-hydrogen) atoms. The molecule has 0 spiro atoms. The van der Waals surface area contributed by atoms with Crippen LogP contribution in [0.15, 0.2) is 48.5 Å². The number of carbonyl (C=O) groups excluding carboxylic acids is 1. The van der Waals surface area contributed by atoms with Gasteiger partial charge in [-0.15, -0.1) is 0 Å². The second kappa shape index (κ2) is 6.63. The Morgan fingerprint density at radius 2 is 1.84 bits per heavy atom. The fraction of sp³-hybridized carbons (Fsp3) is 0.286. The van der Waals surface area contributed by atoms with Crippen molar-refractivity contribution in [1.29, 1.82) is 0 Å². The largest absolute Gasteiger partial charge is 0.495 e. The highest BCUT2D eigenvalue weighted by molar-refractivity contribution is 5.94. The lowest BCUT2D eigenvalue weighted by Gasteiger charge is -2.16. The molecule has 0 aliphatic heterocycles. The van der Waals surface area contributed by atoms with E-state index < -0.39 is 0 Å². The van der Waals surface area contributed by atoms with Gasteiger partial charge in [-0.2, -0.15) is 0 Å². The number of para-hydroxylation sites is 3. The average Bonchev–Trinajstić information content (AvgIpc) is 2.96. The Balaban J connectivity index is 1.65. The molecule has 1 aliphatic rings. The molecule has 4 nitrogen and oxygen atoms in total. The third-order valence-corrected chi connectivity index (χ3v) is 4.97. The molecule has 1 aromatic heterocycles. The molecule has 128 valence electrons. The highest BCUT2D eigenvalue weighted by Crippen LogP contribution is 2.32. The van der Waals surface area contributed by atoms with E-state index in [1.807, 2.05) is 30.3 Å². The van der Waals surface area contributed by atoms with Crippen LogP contribution < -0.4 is 10.1 Å². The van der Waals surface area contributed by atoms with Crippen molar-refractivity contribution in [3.63, 3.8) is 0 Å². The van der Waals surface area contributed by atoms with Crippen LogP contribution in [-0.4, -0.2) is 17.6 Å². The van der Waals surface area contributed by atoms with Crippen molar-refractivity contribution in [3.05, 3.63) is 59.8 Å². The topological polar surface area (TPSA) is 43.3 Å². The van der Waals surface area contributed by atoms with Crippen LogP contribution in [0.2, 0.25) is 0 Å². The zero-order valence-electron chi connectivity index (χ0n) is 14.4. The minimum atomic E-state index is -0.0290. The summed E-state index contributed by atoms with van der Waals surface area (Å²) in [5, 5.41) is 4.28. The van der Waals surface area contributed by atoms with Crippen molar-refractivity contribution in [2.75, 3.05) is 12.4 Å². The number of benzene rings is 2. The first-order valence-corrected chi connectivity index (χ1v) is 8.80. The van der Waals surface area contributed by atoms with E-state index in [9.17, 15) is 4.79 Å². The van der Waals surface area contributed by atoms with Crippen molar-refractivity contribution in [2.45, 2.75) is 32.2 Å². The van der Waals surface area contributed by atoms with Gasteiger partial charge in [-0.25, -0.2) is 0 Å². The van der Waals surface area contributed by atoms with Crippen LogP contribution in [0.4, 0.5) is 5.69 Å². The smallest absolute Gasteiger partial charge is 0.244 e. The van der Waals surface area contributed by atoms with Gasteiger partial charge in [-0.1, -0.05) is 30.3 Å². The first kappa shape index (κ1) is 15.8. The Labute approximate surface area is 147 Å². The van der Waals surface area contributed by atoms with Crippen LogP contribution in [0.1, 0.15) is 24.1 Å². The summed E-state index contributed by atoms with van der Waals surface area (Å²) >= 11 is 0. The van der Waals surface area contributed by atoms with Crippen LogP contribution >= 0.6 is 0 Å². The fourth-order valence-corrected chi connectivity index (χ4v) is 3.85. The third-order valence-electron chi connectivity index (χ3n) is 4.97. The highest BCUT2D eigenvalue weighted by atomic mass is 16.5. The van der Waals surface area contributed by atoms with Gasteiger partial charge in [0.2, 0.25) is 5.91 Å². The zero-order chi connectivity index (χ0) is 17.2. The van der Waals surface area contributed by atoms with Crippen molar-refractivity contribution in [3.8, 4) is 5.75 Å². The molecule has 1 amide bonds. The van der Waals surface area contributed by atoms with Gasteiger partial charge in [0.1, 0.15) is 12.3 Å². The number of fused-ring (bicyclic) bond motifs is 3. The number of ether oxygens (including phenoxy) is 1. The van der Waals surface area contributed by atoms with Gasteiger partial charge < -0.3 is 14.6 Å². The quantitative estimate of drug-likeness (QED) is 0.778. The Hall–Kier alpha value is -2.75. The Morgan fingerprint density at radius 3 is 2.72 bits per heavy atom. The van der Waals surface area contributed by atoms with Gasteiger partial charge >= 0.3 is 0 Å². The van der Waals surface area contributed by atoms with E-state index in [0.717, 1.165) is 18.4 Å². The molecule has 0 unspecified atom stereocenters. The monoisotopic (exact) mass is 334 g/mol. The molecule has 0 saturated heterocycles. The lowest BCUT2D eigenvalue weighted by atomic mass is 9.96. The van der Waals surface area contributed by atoms with Crippen molar-refractivity contribution < 1.29 is 9.53 Å². The molecule has 0 atom stereocenters. The number of rotatable bonds is 4. The molecular formula is C21H22N2O2. The van der Waals surface area contributed by atoms with Gasteiger partial charge in [-0.3, -0.25) is 4.79 Å². The number of amides is 1. The molecule has 0 fully saturated rings. The molecular weight excluding hydrogens is 312 g/mol. The van der Waals surface area contributed by atoms with E-state index in [2.05, 4.69) is 28.1 Å². The number of hydrogen-bond acceptors (Lipinski definition) is 2. The number of anilines is 1. The molecule has 0 radical (unpaired) electrons. The van der Waals surface area contributed by atoms with E-state index in [4.69, 9.17) is 4.74 Å². The van der Waals surface area contributed by atoms with Crippen molar-refractivity contribution in [2.24, 2.45) is 0 Å². The number of aromatic nitrogens is 1. The van der Waals surface area contributed by atoms with Crippen LogP contribution in [0.3, 0.4) is 0 Å². The molecule has 0 bridgehead atoms. The van der Waals surface area contributed by atoms with Crippen LogP contribution in [0.5, 0.6) is 5.75 Å². The Bertz CT molecular complexity index is 927. The van der Waals surface area contributed by atoms with E-state index in [1.165, 1.54) is 29.5 Å². The van der Waals surface area contributed by atoms with Crippen LogP contribution in [-0.2, 0) is 24.2 Å². The predicted octanol–water partition coefficient (Wildman–Crippen LogP) is 4.17. The number of methoxy groups -OCH3 is 1. The van der Waals surface area contributed by atoms with Crippen LogP contribution in [0.25, 0.3) is 10.9 Å². The highest BCUT2D eigenvalue weighted by Gasteiger charge is 2.21. The number of aryl methyl sites for hydroxylation is 1. The number of carbonyl (C=O) groups is 1. The van der Waals surface area contributed by atoms with Crippen molar-refractivity contribution in [1.82, 2.24) is 4.57 Å². The van der Waals surface area contributed by atoms with Gasteiger partial charge in [0.25, 0.3) is 0 Å². The molecule has 2 aromatic carbocycles. The average molecular weight is 334 g/mol. The standard InChI is InChI=1S/C21H22N2O2/c1-25-20-13-7-4-10-17(20)22-21(24)14-23-18-11-5-2-8-15(18)16-9-3-6-12-19(16)23/h2,4-5,7-8,10-11,13H,3,6,9,12,14H2,1H3,(H,22,24). The Morgan fingerprint density at radius 1 is 1.08 bits per heavy atom. The van der Waals surface area contributed by atoms with E-state index >= 15 is 0 Å². The number of hydrogen-bond donors (Lipinski definition) is 1. The summed E-state index contributed by atoms with van der Waals surface area (Å²) in [6.07, 6.45) is 4.58. The SMILES string of the molecule is COc1ccccc1NC(=O)Cn1c2c(c3ccccc31)CCCC2. The third kappa shape index (κ3) is 2.88. The second-order valence-corrected chi connectivity index (χ2v) is 6.48. The van der Waals surface area contributed by atoms with Gasteiger partial charge in [0.15, 0.2) is 0 Å². The lowest BCUT2D eigenvalue weighted by molar-refractivity contribution is -0.116. The first-order valence-electron chi connectivity index (χ1n) is 8.80. The summed E-state index contributed by atoms with van der Waals surface area (Å²) in [5.41, 5.74) is 4.61. The summed E-state index contributed by atoms with van der Waals surface area (Å²) in [7, 11) is 1.61. The molecule has 1 aliphatic carbocycles. The van der Waals surface area contributed by atoms with Crippen LogP contribution in [0, 0.1) is 0 Å². The molecule has 1 heterocycles. The fourth-order valence-electron chi connectivity index (χ4n) is 3.85. The van der Waals surface area contributed by atoms with Gasteiger partial charge in [-0.05, 0) is 49.4 Å². The maximum Gasteiger partial charge on any atom is 0.244 e. The molecule has 4 rings (SSSR count). The second-order valence-electron chi connectivity index (χ2n) is 6.48. The minimum absolute atomic E-state index is 0.0290. The summed E-state index contributed by atoms with van der Waals surface area (Å²) in [6.45, 7) is 0.327. The normalized spacial score (nSPS) is 13.5. The first-order chi connectivity index (χ1) is 12.3. The summed E-state index contributed by atoms with van der Waals surface area (Å²) in [6, 6.07) is 15.9. The minimum Gasteiger partial charge on any atom is -0.495 e.